The Morgan fingerprint density at radius 1 is 1.24 bits per heavy atom. The van der Waals surface area contributed by atoms with Crippen molar-refractivity contribution in [2.45, 2.75) is 33.2 Å². The molecule has 0 bridgehead atoms. The molecule has 0 aliphatic rings. The van der Waals surface area contributed by atoms with Gasteiger partial charge in [-0.25, -0.2) is 4.98 Å². The molecule has 0 aliphatic heterocycles. The van der Waals surface area contributed by atoms with E-state index >= 15 is 0 Å². The largest absolute Gasteiger partial charge is 0.379 e. The molecule has 0 spiro atoms. The average Bonchev–Trinajstić information content (AvgIpc) is 2.89. The smallest absolute Gasteiger partial charge is 0.0922 e. The fraction of sp³-hybridized carbons (Fsp3) is 0.357. The number of rotatable bonds is 5. The van der Waals surface area contributed by atoms with Crippen molar-refractivity contribution in [1.29, 1.82) is 0 Å². The van der Waals surface area contributed by atoms with Crippen LogP contribution >= 0.6 is 0 Å². The quantitative estimate of drug-likeness (QED) is 0.827. The number of hydrogen-bond acceptors (Lipinski definition) is 2. The second-order valence-corrected chi connectivity index (χ2v) is 4.13. The van der Waals surface area contributed by atoms with E-state index in [1.807, 2.05) is 6.20 Å². The van der Waals surface area contributed by atoms with Crippen LogP contribution in [-0.2, 0) is 19.4 Å². The minimum atomic E-state index is 0.790. The van der Waals surface area contributed by atoms with Crippen molar-refractivity contribution in [2.24, 2.45) is 0 Å². The molecule has 0 amide bonds. The Labute approximate surface area is 102 Å². The molecule has 0 saturated carbocycles. The van der Waals surface area contributed by atoms with Crippen molar-refractivity contribution < 1.29 is 0 Å². The normalized spacial score (nSPS) is 10.5. The van der Waals surface area contributed by atoms with Crippen molar-refractivity contribution in [3.63, 3.8) is 0 Å². The lowest BCUT2D eigenvalue weighted by Crippen LogP contribution is -2.03. The molecular weight excluding hydrogens is 210 g/mol. The first-order chi connectivity index (χ1) is 8.33. The molecule has 17 heavy (non-hydrogen) atoms. The van der Waals surface area contributed by atoms with Crippen LogP contribution < -0.4 is 5.32 Å². The van der Waals surface area contributed by atoms with Crippen LogP contribution in [0.25, 0.3) is 0 Å². The third-order valence-electron chi connectivity index (χ3n) is 2.98. The zero-order valence-corrected chi connectivity index (χ0v) is 10.5. The van der Waals surface area contributed by atoms with E-state index in [1.54, 1.807) is 6.33 Å². The van der Waals surface area contributed by atoms with Crippen LogP contribution in [-0.4, -0.2) is 9.97 Å². The average molecular weight is 229 g/mol. The molecule has 2 rings (SSSR count). The van der Waals surface area contributed by atoms with Gasteiger partial charge in [0.2, 0.25) is 0 Å². The van der Waals surface area contributed by atoms with Gasteiger partial charge in [-0.15, -0.1) is 0 Å². The van der Waals surface area contributed by atoms with E-state index in [4.69, 9.17) is 0 Å². The molecule has 0 saturated heterocycles. The number of aromatic nitrogens is 2. The summed E-state index contributed by atoms with van der Waals surface area (Å²) in [6.07, 6.45) is 5.70. The summed E-state index contributed by atoms with van der Waals surface area (Å²) < 4.78 is 0. The number of benzene rings is 1. The lowest BCUT2D eigenvalue weighted by molar-refractivity contribution is 1.04. The topological polar surface area (TPSA) is 40.7 Å². The van der Waals surface area contributed by atoms with Crippen LogP contribution in [0.5, 0.6) is 0 Å². The predicted molar refractivity (Wildman–Crippen MR) is 71.1 cm³/mol. The number of aromatic amines is 1. The van der Waals surface area contributed by atoms with E-state index in [0.717, 1.165) is 25.1 Å². The third kappa shape index (κ3) is 2.87. The summed E-state index contributed by atoms with van der Waals surface area (Å²) in [6.45, 7) is 5.17. The summed E-state index contributed by atoms with van der Waals surface area (Å²) in [6, 6.07) is 6.65. The Hall–Kier alpha value is -1.77. The van der Waals surface area contributed by atoms with E-state index in [9.17, 15) is 0 Å². The third-order valence-corrected chi connectivity index (χ3v) is 2.98. The first kappa shape index (κ1) is 11.7. The van der Waals surface area contributed by atoms with Crippen LogP contribution in [0.2, 0.25) is 0 Å². The Morgan fingerprint density at radius 2 is 2.12 bits per heavy atom. The summed E-state index contributed by atoms with van der Waals surface area (Å²) in [5.41, 5.74) is 5.10. The molecule has 0 aliphatic carbocycles. The number of aryl methyl sites for hydroxylation is 2. The van der Waals surface area contributed by atoms with E-state index in [2.05, 4.69) is 47.3 Å². The monoisotopic (exact) mass is 229 g/mol. The highest BCUT2D eigenvalue weighted by atomic mass is 14.9. The van der Waals surface area contributed by atoms with Crippen LogP contribution in [0.4, 0.5) is 5.69 Å². The highest BCUT2D eigenvalue weighted by molar-refractivity contribution is 5.53. The number of H-pyrrole nitrogens is 1. The molecule has 1 aromatic carbocycles. The van der Waals surface area contributed by atoms with E-state index in [-0.39, 0.29) is 0 Å². The fourth-order valence-electron chi connectivity index (χ4n) is 1.90. The second-order valence-electron chi connectivity index (χ2n) is 4.13. The molecule has 0 radical (unpaired) electrons. The maximum atomic E-state index is 4.01. The Kier molecular flexibility index (Phi) is 3.81. The molecule has 1 aromatic heterocycles. The van der Waals surface area contributed by atoms with Crippen molar-refractivity contribution in [2.75, 3.05) is 5.32 Å². The zero-order valence-electron chi connectivity index (χ0n) is 10.5. The molecule has 3 heteroatoms. The Morgan fingerprint density at radius 3 is 2.76 bits per heavy atom. The lowest BCUT2D eigenvalue weighted by atomic mass is 10.0. The van der Waals surface area contributed by atoms with E-state index in [1.165, 1.54) is 16.8 Å². The highest BCUT2D eigenvalue weighted by Gasteiger charge is 2.02. The van der Waals surface area contributed by atoms with Crippen LogP contribution in [0.3, 0.4) is 0 Å². The van der Waals surface area contributed by atoms with Gasteiger partial charge < -0.3 is 10.3 Å². The van der Waals surface area contributed by atoms with Gasteiger partial charge in [-0.3, -0.25) is 0 Å². The molecule has 0 atom stereocenters. The van der Waals surface area contributed by atoms with E-state index < -0.39 is 0 Å². The summed E-state index contributed by atoms with van der Waals surface area (Å²) in [7, 11) is 0. The lowest BCUT2D eigenvalue weighted by Gasteiger charge is -2.11. The van der Waals surface area contributed by atoms with Crippen molar-refractivity contribution >= 4 is 5.69 Å². The minimum Gasteiger partial charge on any atom is -0.379 e. The Bertz CT molecular complexity index is 460. The highest BCUT2D eigenvalue weighted by Crippen LogP contribution is 2.19. The molecule has 2 aromatic rings. The van der Waals surface area contributed by atoms with Gasteiger partial charge in [0, 0.05) is 11.9 Å². The van der Waals surface area contributed by atoms with Gasteiger partial charge in [-0.1, -0.05) is 26.0 Å². The maximum absolute atomic E-state index is 4.01. The summed E-state index contributed by atoms with van der Waals surface area (Å²) >= 11 is 0. The Balaban J connectivity index is 2.09. The number of nitrogens with one attached hydrogen (secondary N) is 2. The molecule has 90 valence electrons. The predicted octanol–water partition coefficient (Wildman–Crippen LogP) is 3.15. The SMILES string of the molecule is CCc1ccc(NCc2cnc[nH]2)c(CC)c1. The second kappa shape index (κ2) is 5.53. The summed E-state index contributed by atoms with van der Waals surface area (Å²) in [4.78, 5) is 7.10. The zero-order chi connectivity index (χ0) is 12.1. The number of anilines is 1. The van der Waals surface area contributed by atoms with Gasteiger partial charge >= 0.3 is 0 Å². The van der Waals surface area contributed by atoms with Gasteiger partial charge in [0.05, 0.1) is 18.6 Å². The van der Waals surface area contributed by atoms with Crippen LogP contribution in [0.1, 0.15) is 30.7 Å². The standard InChI is InChI=1S/C14H19N3/c1-3-11-5-6-14(12(4-2)7-11)16-9-13-8-15-10-17-13/h5-8,10,16H,3-4,9H2,1-2H3,(H,15,17). The number of imidazole rings is 1. The molecule has 1 heterocycles. The number of hydrogen-bond donors (Lipinski definition) is 2. The fourth-order valence-corrected chi connectivity index (χ4v) is 1.90. The maximum Gasteiger partial charge on any atom is 0.0922 e. The summed E-state index contributed by atoms with van der Waals surface area (Å²) in [5.74, 6) is 0. The van der Waals surface area contributed by atoms with Crippen molar-refractivity contribution in [1.82, 2.24) is 9.97 Å². The van der Waals surface area contributed by atoms with Gasteiger partial charge in [0.1, 0.15) is 0 Å². The van der Waals surface area contributed by atoms with Crippen molar-refractivity contribution in [3.8, 4) is 0 Å². The van der Waals surface area contributed by atoms with Crippen LogP contribution in [0.15, 0.2) is 30.7 Å². The number of nitrogens with zero attached hydrogens (tertiary/aromatic N) is 1. The molecule has 3 nitrogen and oxygen atoms in total. The first-order valence-electron chi connectivity index (χ1n) is 6.16. The van der Waals surface area contributed by atoms with Gasteiger partial charge in [-0.05, 0) is 30.0 Å². The minimum absolute atomic E-state index is 0.790. The van der Waals surface area contributed by atoms with Gasteiger partial charge in [0.15, 0.2) is 0 Å². The molecular formula is C14H19N3. The van der Waals surface area contributed by atoms with Gasteiger partial charge in [0.25, 0.3) is 0 Å². The molecule has 0 fully saturated rings. The molecule has 2 N–H and O–H groups in total. The molecule has 0 unspecified atom stereocenters. The first-order valence-corrected chi connectivity index (χ1v) is 6.16. The van der Waals surface area contributed by atoms with Gasteiger partial charge in [-0.2, -0.15) is 0 Å². The van der Waals surface area contributed by atoms with E-state index in [0.29, 0.717) is 0 Å². The summed E-state index contributed by atoms with van der Waals surface area (Å²) in [5, 5.41) is 3.45. The van der Waals surface area contributed by atoms with Crippen molar-refractivity contribution in [3.05, 3.63) is 47.5 Å². The van der Waals surface area contributed by atoms with Crippen LogP contribution in [0, 0.1) is 0 Å².